The van der Waals surface area contributed by atoms with Crippen LogP contribution in [0.4, 0.5) is 4.39 Å². The minimum atomic E-state index is -3.44. The van der Waals surface area contributed by atoms with Gasteiger partial charge in [0, 0.05) is 36.0 Å². The summed E-state index contributed by atoms with van der Waals surface area (Å²) in [7, 11) is -1.81. The van der Waals surface area contributed by atoms with E-state index in [4.69, 9.17) is 11.6 Å². The quantitative estimate of drug-likeness (QED) is 0.613. The Bertz CT molecular complexity index is 1380. The number of fused-ring (bicyclic) bond motifs is 3. The number of sulfone groups is 1. The van der Waals surface area contributed by atoms with Crippen molar-refractivity contribution in [3.05, 3.63) is 86.5 Å². The molecular weight excluding hydrogens is 427 g/mol. The zero-order chi connectivity index (χ0) is 21.6. The lowest BCUT2D eigenvalue weighted by molar-refractivity contribution is 0.597. The van der Waals surface area contributed by atoms with E-state index in [1.165, 1.54) is 28.8 Å². The van der Waals surface area contributed by atoms with Gasteiger partial charge in [0.15, 0.2) is 9.84 Å². The molecular formula is C22H18ClFN2O3S. The van der Waals surface area contributed by atoms with E-state index in [0.29, 0.717) is 28.0 Å². The van der Waals surface area contributed by atoms with Gasteiger partial charge in [0.05, 0.1) is 27.9 Å². The van der Waals surface area contributed by atoms with Gasteiger partial charge in [-0.05, 0) is 41.5 Å². The summed E-state index contributed by atoms with van der Waals surface area (Å²) in [5, 5.41) is 0.200. The molecule has 4 rings (SSSR count). The first-order valence-electron chi connectivity index (χ1n) is 9.28. The molecule has 30 heavy (non-hydrogen) atoms. The van der Waals surface area contributed by atoms with Crippen molar-refractivity contribution in [3.8, 4) is 11.1 Å². The third kappa shape index (κ3) is 3.48. The van der Waals surface area contributed by atoms with E-state index in [1.54, 1.807) is 38.4 Å². The number of hydrogen-bond donors (Lipinski definition) is 0. The van der Waals surface area contributed by atoms with Crippen molar-refractivity contribution in [2.75, 3.05) is 5.75 Å². The van der Waals surface area contributed by atoms with Crippen LogP contribution in [0.2, 0.25) is 5.02 Å². The topological polar surface area (TPSA) is 68.5 Å². The number of halogens is 2. The normalized spacial score (nSPS) is 13.3. The monoisotopic (exact) mass is 444 g/mol. The maximum absolute atomic E-state index is 13.6. The summed E-state index contributed by atoms with van der Waals surface area (Å²) >= 11 is 6.30. The van der Waals surface area contributed by atoms with Crippen LogP contribution in [0.5, 0.6) is 0 Å². The highest BCUT2D eigenvalue weighted by molar-refractivity contribution is 7.91. The molecule has 2 heterocycles. The molecule has 0 atom stereocenters. The lowest BCUT2D eigenvalue weighted by Crippen LogP contribution is -2.16. The molecule has 0 saturated carbocycles. The van der Waals surface area contributed by atoms with Crippen molar-refractivity contribution in [2.45, 2.75) is 18.4 Å². The molecule has 0 amide bonds. The molecule has 0 N–H and O–H groups in total. The van der Waals surface area contributed by atoms with Crippen molar-refractivity contribution in [1.82, 2.24) is 4.57 Å². The van der Waals surface area contributed by atoms with Gasteiger partial charge in [-0.15, -0.1) is 0 Å². The fourth-order valence-corrected chi connectivity index (χ4v) is 4.68. The van der Waals surface area contributed by atoms with Gasteiger partial charge in [0.1, 0.15) is 5.82 Å². The van der Waals surface area contributed by atoms with E-state index >= 15 is 0 Å². The highest BCUT2D eigenvalue weighted by atomic mass is 35.5. The van der Waals surface area contributed by atoms with Gasteiger partial charge in [-0.1, -0.05) is 24.6 Å². The average Bonchev–Trinajstić information content (AvgIpc) is 2.85. The smallest absolute Gasteiger partial charge is 0.250 e. The van der Waals surface area contributed by atoms with Crippen molar-refractivity contribution in [3.63, 3.8) is 0 Å². The highest BCUT2D eigenvalue weighted by Crippen LogP contribution is 2.35. The van der Waals surface area contributed by atoms with Gasteiger partial charge < -0.3 is 4.57 Å². The van der Waals surface area contributed by atoms with Gasteiger partial charge in [0.25, 0.3) is 5.56 Å². The molecule has 3 aromatic rings. The number of pyridine rings is 1. The third-order valence-corrected chi connectivity index (χ3v) is 7.23. The molecule has 0 bridgehead atoms. The van der Waals surface area contributed by atoms with Crippen LogP contribution in [0.1, 0.15) is 23.6 Å². The summed E-state index contributed by atoms with van der Waals surface area (Å²) in [6, 6.07) is 10.4. The molecule has 5 nitrogen and oxygen atoms in total. The van der Waals surface area contributed by atoms with E-state index in [0.717, 1.165) is 5.56 Å². The maximum Gasteiger partial charge on any atom is 0.250 e. The van der Waals surface area contributed by atoms with Crippen molar-refractivity contribution in [1.29, 1.82) is 0 Å². The fraction of sp³-hybridized carbons (Fsp3) is 0.182. The zero-order valence-corrected chi connectivity index (χ0v) is 17.9. The van der Waals surface area contributed by atoms with Crippen molar-refractivity contribution < 1.29 is 12.8 Å². The number of nitrogens with zero attached hydrogens (tertiary/aromatic N) is 2. The molecule has 1 aliphatic rings. The lowest BCUT2D eigenvalue weighted by Gasteiger charge is -2.15. The Balaban J connectivity index is 2.05. The van der Waals surface area contributed by atoms with E-state index in [2.05, 4.69) is 4.99 Å². The van der Waals surface area contributed by atoms with Gasteiger partial charge in [-0.25, -0.2) is 12.8 Å². The molecule has 1 aromatic heterocycles. The number of hydrogen-bond acceptors (Lipinski definition) is 4. The predicted molar refractivity (Wildman–Crippen MR) is 116 cm³/mol. The first-order chi connectivity index (χ1) is 14.2. The molecule has 2 aromatic carbocycles. The largest absolute Gasteiger partial charge is 0.318 e. The molecule has 0 fully saturated rings. The molecule has 0 saturated heterocycles. The second-order valence-corrected chi connectivity index (χ2v) is 9.75. The standard InChI is InChI=1S/C22H18ClFN2O3S/c1-3-30(28,29)15-5-7-16-18(10-15)19-12-26(2)21(27)8-13(19)11-25-22(16)17-6-4-14(24)9-20(17)23/h4-10,12H,3,11H2,1-2H3. The molecule has 0 radical (unpaired) electrons. The second kappa shape index (κ2) is 7.49. The van der Waals surface area contributed by atoms with Crippen LogP contribution in [0.3, 0.4) is 0 Å². The van der Waals surface area contributed by atoms with Crippen LogP contribution in [-0.2, 0) is 23.4 Å². The molecule has 0 unspecified atom stereocenters. The fourth-order valence-electron chi connectivity index (χ4n) is 3.52. The molecule has 0 aliphatic carbocycles. The number of aryl methyl sites for hydroxylation is 1. The zero-order valence-electron chi connectivity index (χ0n) is 16.3. The maximum atomic E-state index is 13.6. The molecule has 1 aliphatic heterocycles. The lowest BCUT2D eigenvalue weighted by atomic mass is 9.93. The van der Waals surface area contributed by atoms with E-state index in [9.17, 15) is 17.6 Å². The summed E-state index contributed by atoms with van der Waals surface area (Å²) in [5.74, 6) is -0.495. The van der Waals surface area contributed by atoms with Crippen LogP contribution in [0.15, 0.2) is 63.3 Å². The van der Waals surface area contributed by atoms with Gasteiger partial charge in [-0.3, -0.25) is 9.79 Å². The number of aromatic nitrogens is 1. The first-order valence-corrected chi connectivity index (χ1v) is 11.3. The third-order valence-electron chi connectivity index (χ3n) is 5.18. The Morgan fingerprint density at radius 3 is 2.50 bits per heavy atom. The number of benzene rings is 2. The van der Waals surface area contributed by atoms with Crippen LogP contribution >= 0.6 is 11.6 Å². The minimum Gasteiger partial charge on any atom is -0.318 e. The predicted octanol–water partition coefficient (Wildman–Crippen LogP) is 3.99. The summed E-state index contributed by atoms with van der Waals surface area (Å²) in [6.45, 7) is 1.79. The molecule has 154 valence electrons. The van der Waals surface area contributed by atoms with Gasteiger partial charge >= 0.3 is 0 Å². The van der Waals surface area contributed by atoms with Gasteiger partial charge in [-0.2, -0.15) is 0 Å². The molecule has 8 heteroatoms. The summed E-state index contributed by atoms with van der Waals surface area (Å²) in [5.41, 5.74) is 3.55. The minimum absolute atomic E-state index is 0.0311. The Morgan fingerprint density at radius 2 is 1.80 bits per heavy atom. The van der Waals surface area contributed by atoms with Crippen molar-refractivity contribution >= 4 is 27.1 Å². The first kappa shape index (κ1) is 20.5. The van der Waals surface area contributed by atoms with Crippen LogP contribution < -0.4 is 5.56 Å². The number of aliphatic imine (C=N–C) groups is 1. The van der Waals surface area contributed by atoms with E-state index < -0.39 is 15.7 Å². The Hall–Kier alpha value is -2.77. The average molecular weight is 445 g/mol. The number of rotatable bonds is 3. The van der Waals surface area contributed by atoms with Crippen molar-refractivity contribution in [2.24, 2.45) is 12.0 Å². The summed E-state index contributed by atoms with van der Waals surface area (Å²) in [6.07, 6.45) is 1.68. The summed E-state index contributed by atoms with van der Waals surface area (Å²) < 4.78 is 40.0. The van der Waals surface area contributed by atoms with Crippen LogP contribution in [-0.4, -0.2) is 24.4 Å². The van der Waals surface area contributed by atoms with Crippen LogP contribution in [0, 0.1) is 5.82 Å². The Labute approximate surface area is 178 Å². The van der Waals surface area contributed by atoms with E-state index in [-0.39, 0.29) is 27.8 Å². The SMILES string of the molecule is CCS(=O)(=O)c1ccc2c(c1)-c1cn(C)c(=O)cc1CN=C2c1ccc(F)cc1Cl. The second-order valence-electron chi connectivity index (χ2n) is 7.06. The van der Waals surface area contributed by atoms with Crippen LogP contribution in [0.25, 0.3) is 11.1 Å². The van der Waals surface area contributed by atoms with Gasteiger partial charge in [0.2, 0.25) is 0 Å². The highest BCUT2D eigenvalue weighted by Gasteiger charge is 2.24. The molecule has 0 spiro atoms. The Kier molecular flexibility index (Phi) is 5.11. The Morgan fingerprint density at radius 1 is 1.07 bits per heavy atom. The summed E-state index contributed by atoms with van der Waals surface area (Å²) in [4.78, 5) is 17.0. The van der Waals surface area contributed by atoms with E-state index in [1.807, 2.05) is 0 Å².